The minimum atomic E-state index is -3.08. The van der Waals surface area contributed by atoms with Gasteiger partial charge in [0.05, 0.1) is 7.11 Å². The van der Waals surface area contributed by atoms with Gasteiger partial charge in [0.1, 0.15) is 11.4 Å². The highest BCUT2D eigenvalue weighted by Gasteiger charge is 2.22. The Bertz CT molecular complexity index is 412. The van der Waals surface area contributed by atoms with Crippen LogP contribution in [0, 0.1) is 5.82 Å². The lowest BCUT2D eigenvalue weighted by atomic mass is 10.2. The smallest absolute Gasteiger partial charge is 0.356 e. The number of aromatic nitrogens is 1. The van der Waals surface area contributed by atoms with E-state index < -0.39 is 23.9 Å². The summed E-state index contributed by atoms with van der Waals surface area (Å²) in [4.78, 5) is 14.3. The SMILES string of the molecule is COC(=O)c1cc(CBr)c(F)c(C(F)F)n1. The molecule has 0 aromatic carbocycles. The van der Waals surface area contributed by atoms with E-state index >= 15 is 0 Å². The van der Waals surface area contributed by atoms with Gasteiger partial charge < -0.3 is 4.74 Å². The van der Waals surface area contributed by atoms with Crippen molar-refractivity contribution in [2.75, 3.05) is 7.11 Å². The normalized spacial score (nSPS) is 10.6. The van der Waals surface area contributed by atoms with Crippen molar-refractivity contribution >= 4 is 21.9 Å². The zero-order valence-electron chi connectivity index (χ0n) is 8.14. The fourth-order valence-corrected chi connectivity index (χ4v) is 1.46. The first-order chi connectivity index (χ1) is 7.51. The second-order valence-electron chi connectivity index (χ2n) is 2.79. The van der Waals surface area contributed by atoms with E-state index in [1.54, 1.807) is 0 Å². The van der Waals surface area contributed by atoms with E-state index in [4.69, 9.17) is 0 Å². The molecule has 0 aliphatic heterocycles. The van der Waals surface area contributed by atoms with Crippen molar-refractivity contribution in [2.24, 2.45) is 0 Å². The number of nitrogens with zero attached hydrogens (tertiary/aromatic N) is 1. The summed E-state index contributed by atoms with van der Waals surface area (Å²) in [5.41, 5.74) is -1.45. The zero-order chi connectivity index (χ0) is 12.3. The number of rotatable bonds is 3. The van der Waals surface area contributed by atoms with E-state index in [1.807, 2.05) is 0 Å². The highest BCUT2D eigenvalue weighted by atomic mass is 79.9. The summed E-state index contributed by atoms with van der Waals surface area (Å²) in [5, 5.41) is 0.00503. The molecule has 0 saturated heterocycles. The molecule has 0 N–H and O–H groups in total. The highest BCUT2D eigenvalue weighted by Crippen LogP contribution is 2.24. The molecule has 0 unspecified atom stereocenters. The first-order valence-corrected chi connectivity index (χ1v) is 5.25. The molecule has 0 spiro atoms. The van der Waals surface area contributed by atoms with Gasteiger partial charge in [-0.25, -0.2) is 22.9 Å². The minimum absolute atomic E-state index is 0.00503. The maximum atomic E-state index is 13.3. The van der Waals surface area contributed by atoms with Crippen molar-refractivity contribution in [3.63, 3.8) is 0 Å². The lowest BCUT2D eigenvalue weighted by Gasteiger charge is -2.07. The van der Waals surface area contributed by atoms with Gasteiger partial charge >= 0.3 is 5.97 Å². The predicted molar refractivity (Wildman–Crippen MR) is 53.1 cm³/mol. The van der Waals surface area contributed by atoms with Gasteiger partial charge in [-0.1, -0.05) is 15.9 Å². The Morgan fingerprint density at radius 2 is 2.25 bits per heavy atom. The Kier molecular flexibility index (Phi) is 4.28. The van der Waals surface area contributed by atoms with Crippen LogP contribution in [-0.2, 0) is 10.1 Å². The zero-order valence-corrected chi connectivity index (χ0v) is 9.72. The molecule has 1 heterocycles. The van der Waals surface area contributed by atoms with E-state index in [1.165, 1.54) is 0 Å². The van der Waals surface area contributed by atoms with Crippen LogP contribution in [0.4, 0.5) is 13.2 Å². The van der Waals surface area contributed by atoms with Gasteiger partial charge in [0.25, 0.3) is 6.43 Å². The summed E-state index contributed by atoms with van der Waals surface area (Å²) in [6, 6.07) is 1.07. The number of carbonyl (C=O) groups excluding carboxylic acids is 1. The number of carbonyl (C=O) groups is 1. The quantitative estimate of drug-likeness (QED) is 0.636. The molecule has 1 rings (SSSR count). The standard InChI is InChI=1S/C9H7BrF3NO2/c1-16-9(15)5-2-4(3-10)6(11)7(14-5)8(12)13/h2,8H,3H2,1H3. The Morgan fingerprint density at radius 1 is 1.62 bits per heavy atom. The molecule has 0 fully saturated rings. The Balaban J connectivity index is 3.34. The van der Waals surface area contributed by atoms with Gasteiger partial charge in [-0.15, -0.1) is 0 Å². The maximum absolute atomic E-state index is 13.3. The van der Waals surface area contributed by atoms with Gasteiger partial charge in [-0.05, 0) is 6.07 Å². The van der Waals surface area contributed by atoms with Gasteiger partial charge in [0.2, 0.25) is 0 Å². The molecule has 0 atom stereocenters. The number of hydrogen-bond acceptors (Lipinski definition) is 3. The van der Waals surface area contributed by atoms with Crippen molar-refractivity contribution in [3.05, 3.63) is 28.8 Å². The summed E-state index contributed by atoms with van der Waals surface area (Å²) in [7, 11) is 1.09. The number of alkyl halides is 3. The maximum Gasteiger partial charge on any atom is 0.356 e. The van der Waals surface area contributed by atoms with E-state index in [-0.39, 0.29) is 16.6 Å². The first-order valence-electron chi connectivity index (χ1n) is 4.13. The number of esters is 1. The van der Waals surface area contributed by atoms with E-state index in [0.717, 1.165) is 13.2 Å². The number of methoxy groups -OCH3 is 1. The summed E-state index contributed by atoms with van der Waals surface area (Å²) < 4.78 is 42.5. The van der Waals surface area contributed by atoms with Gasteiger partial charge in [0.15, 0.2) is 5.82 Å². The van der Waals surface area contributed by atoms with Crippen LogP contribution in [0.3, 0.4) is 0 Å². The number of pyridine rings is 1. The molecule has 0 aliphatic rings. The van der Waals surface area contributed by atoms with Crippen LogP contribution in [0.1, 0.15) is 28.2 Å². The van der Waals surface area contributed by atoms with Gasteiger partial charge in [0, 0.05) is 10.9 Å². The molecule has 3 nitrogen and oxygen atoms in total. The summed E-state index contributed by atoms with van der Waals surface area (Å²) in [5.74, 6) is -2.00. The van der Waals surface area contributed by atoms with Crippen molar-refractivity contribution in [2.45, 2.75) is 11.8 Å². The fraction of sp³-hybridized carbons (Fsp3) is 0.333. The third-order valence-corrected chi connectivity index (χ3v) is 2.41. The van der Waals surface area contributed by atoms with Crippen LogP contribution < -0.4 is 0 Å². The molecular formula is C9H7BrF3NO2. The average Bonchev–Trinajstić information content (AvgIpc) is 2.27. The molecule has 0 bridgehead atoms. The summed E-state index contributed by atoms with van der Waals surface area (Å²) >= 11 is 2.93. The van der Waals surface area contributed by atoms with Crippen LogP contribution >= 0.6 is 15.9 Å². The molecule has 16 heavy (non-hydrogen) atoms. The molecule has 1 aromatic heterocycles. The Hall–Kier alpha value is -1.11. The van der Waals surface area contributed by atoms with Crippen molar-refractivity contribution in [1.29, 1.82) is 0 Å². The van der Waals surface area contributed by atoms with Crippen molar-refractivity contribution in [1.82, 2.24) is 4.98 Å². The van der Waals surface area contributed by atoms with Gasteiger partial charge in [-0.3, -0.25) is 0 Å². The van der Waals surface area contributed by atoms with Crippen LogP contribution in [-0.4, -0.2) is 18.1 Å². The minimum Gasteiger partial charge on any atom is -0.464 e. The Labute approximate surface area is 97.8 Å². The van der Waals surface area contributed by atoms with Crippen LogP contribution in [0.15, 0.2) is 6.07 Å². The summed E-state index contributed by atoms with van der Waals surface area (Å²) in [6.07, 6.45) is -3.08. The molecule has 7 heteroatoms. The van der Waals surface area contributed by atoms with Gasteiger partial charge in [-0.2, -0.15) is 0 Å². The Morgan fingerprint density at radius 3 is 2.69 bits per heavy atom. The van der Waals surface area contributed by atoms with Crippen molar-refractivity contribution in [3.8, 4) is 0 Å². The number of hydrogen-bond donors (Lipinski definition) is 0. The first kappa shape index (κ1) is 13.0. The molecule has 0 saturated carbocycles. The van der Waals surface area contributed by atoms with Crippen LogP contribution in [0.5, 0.6) is 0 Å². The molecule has 88 valence electrons. The second-order valence-corrected chi connectivity index (χ2v) is 3.35. The topological polar surface area (TPSA) is 39.2 Å². The third-order valence-electron chi connectivity index (χ3n) is 1.80. The number of halogens is 4. The van der Waals surface area contributed by atoms with E-state index in [2.05, 4.69) is 25.7 Å². The van der Waals surface area contributed by atoms with E-state index in [9.17, 15) is 18.0 Å². The lowest BCUT2D eigenvalue weighted by Crippen LogP contribution is -2.10. The average molecular weight is 298 g/mol. The molecular weight excluding hydrogens is 291 g/mol. The molecule has 0 amide bonds. The third kappa shape index (κ3) is 2.52. The monoisotopic (exact) mass is 297 g/mol. The largest absolute Gasteiger partial charge is 0.464 e. The highest BCUT2D eigenvalue weighted by molar-refractivity contribution is 9.08. The lowest BCUT2D eigenvalue weighted by molar-refractivity contribution is 0.0591. The molecule has 0 aliphatic carbocycles. The molecule has 1 aromatic rings. The summed E-state index contributed by atoms with van der Waals surface area (Å²) in [6.45, 7) is 0. The van der Waals surface area contributed by atoms with Crippen molar-refractivity contribution < 1.29 is 22.7 Å². The van der Waals surface area contributed by atoms with E-state index in [0.29, 0.717) is 0 Å². The second kappa shape index (κ2) is 5.29. The van der Waals surface area contributed by atoms with Crippen LogP contribution in [0.2, 0.25) is 0 Å². The fourth-order valence-electron chi connectivity index (χ4n) is 1.05. The van der Waals surface area contributed by atoms with Crippen LogP contribution in [0.25, 0.3) is 0 Å². The number of ether oxygens (including phenoxy) is 1. The predicted octanol–water partition coefficient (Wildman–Crippen LogP) is 2.84. The molecule has 0 radical (unpaired) electrons.